The van der Waals surface area contributed by atoms with E-state index in [-0.39, 0.29) is 5.96 Å². The monoisotopic (exact) mass is 398 g/mol. The van der Waals surface area contributed by atoms with Crippen LogP contribution >= 0.6 is 11.6 Å². The smallest absolute Gasteiger partial charge is 0.222 e. The Kier molecular flexibility index (Phi) is 5.36. The summed E-state index contributed by atoms with van der Waals surface area (Å²) in [6, 6.07) is 15.8. The number of morpholine rings is 1. The van der Waals surface area contributed by atoms with Crippen LogP contribution < -0.4 is 16.0 Å². The Bertz CT molecular complexity index is 875. The van der Waals surface area contributed by atoms with E-state index < -0.39 is 6.29 Å². The number of nitrogens with two attached hydrogens (primary N) is 1. The van der Waals surface area contributed by atoms with Crippen molar-refractivity contribution >= 4 is 34.9 Å². The SMILES string of the molecule is Cc1ccc(N2C(N3CCOCC3)=NC(N)=NC2Nc2ccc(Cl)cc2)cc1. The Morgan fingerprint density at radius 1 is 1.07 bits per heavy atom. The number of nitrogens with zero attached hydrogens (tertiary/aromatic N) is 4. The first kappa shape index (κ1) is 18.6. The van der Waals surface area contributed by atoms with E-state index in [1.807, 2.05) is 24.3 Å². The van der Waals surface area contributed by atoms with Crippen molar-refractivity contribution in [2.45, 2.75) is 13.2 Å². The first-order valence-electron chi connectivity index (χ1n) is 9.23. The summed E-state index contributed by atoms with van der Waals surface area (Å²) in [6.45, 7) is 4.89. The molecular formula is C20H23ClN6O. The molecular weight excluding hydrogens is 376 g/mol. The van der Waals surface area contributed by atoms with Crippen molar-refractivity contribution in [3.05, 3.63) is 59.1 Å². The molecule has 1 fully saturated rings. The van der Waals surface area contributed by atoms with Crippen LogP contribution in [0.5, 0.6) is 0 Å². The normalized spacial score (nSPS) is 19.9. The van der Waals surface area contributed by atoms with E-state index >= 15 is 0 Å². The highest BCUT2D eigenvalue weighted by Gasteiger charge is 2.32. The molecule has 7 nitrogen and oxygen atoms in total. The molecule has 146 valence electrons. The highest BCUT2D eigenvalue weighted by molar-refractivity contribution is 6.30. The zero-order chi connectivity index (χ0) is 19.5. The molecule has 1 atom stereocenters. The molecule has 2 aromatic rings. The third-order valence-electron chi connectivity index (χ3n) is 4.68. The van der Waals surface area contributed by atoms with Gasteiger partial charge in [-0.1, -0.05) is 29.3 Å². The molecule has 0 radical (unpaired) electrons. The van der Waals surface area contributed by atoms with Gasteiger partial charge in [-0.15, -0.1) is 0 Å². The number of rotatable bonds is 3. The number of guanidine groups is 2. The largest absolute Gasteiger partial charge is 0.378 e. The third kappa shape index (κ3) is 4.05. The van der Waals surface area contributed by atoms with Crippen LogP contribution in [0.15, 0.2) is 58.5 Å². The standard InChI is InChI=1S/C20H23ClN6O/c1-14-2-8-17(9-3-14)27-19(23-16-6-4-15(21)5-7-16)24-18(22)25-20(27)26-10-12-28-13-11-26/h2-9,19,23H,10-13H2,1H3,(H2,22,24). The number of halogens is 1. The van der Waals surface area contributed by atoms with Crippen LogP contribution in [-0.2, 0) is 4.74 Å². The molecule has 0 bridgehead atoms. The topological polar surface area (TPSA) is 78.5 Å². The van der Waals surface area contributed by atoms with Crippen molar-refractivity contribution in [2.75, 3.05) is 36.5 Å². The minimum atomic E-state index is -0.431. The first-order valence-corrected chi connectivity index (χ1v) is 9.60. The predicted molar refractivity (Wildman–Crippen MR) is 114 cm³/mol. The fourth-order valence-corrected chi connectivity index (χ4v) is 3.34. The Morgan fingerprint density at radius 2 is 1.75 bits per heavy atom. The highest BCUT2D eigenvalue weighted by Crippen LogP contribution is 2.25. The molecule has 8 heteroatoms. The molecule has 0 aliphatic carbocycles. The van der Waals surface area contributed by atoms with Gasteiger partial charge in [-0.3, -0.25) is 4.90 Å². The Morgan fingerprint density at radius 3 is 2.43 bits per heavy atom. The van der Waals surface area contributed by atoms with Gasteiger partial charge in [0.2, 0.25) is 18.2 Å². The summed E-state index contributed by atoms with van der Waals surface area (Å²) in [6.07, 6.45) is -0.431. The molecule has 4 rings (SSSR count). The van der Waals surface area contributed by atoms with E-state index in [4.69, 9.17) is 22.1 Å². The molecule has 0 spiro atoms. The van der Waals surface area contributed by atoms with Crippen molar-refractivity contribution in [1.82, 2.24) is 4.90 Å². The van der Waals surface area contributed by atoms with Gasteiger partial charge in [0.15, 0.2) is 0 Å². The zero-order valence-corrected chi connectivity index (χ0v) is 16.4. The van der Waals surface area contributed by atoms with E-state index in [0.717, 1.165) is 30.4 Å². The maximum Gasteiger partial charge on any atom is 0.222 e. The van der Waals surface area contributed by atoms with Crippen LogP contribution in [0, 0.1) is 6.92 Å². The summed E-state index contributed by atoms with van der Waals surface area (Å²) in [5.74, 6) is 1.02. The lowest BCUT2D eigenvalue weighted by Gasteiger charge is -2.41. The second-order valence-electron chi connectivity index (χ2n) is 6.73. The number of ether oxygens (including phenoxy) is 1. The first-order chi connectivity index (χ1) is 13.6. The number of hydrogen-bond acceptors (Lipinski definition) is 7. The number of aryl methyl sites for hydroxylation is 1. The second kappa shape index (κ2) is 8.08. The number of benzene rings is 2. The van der Waals surface area contributed by atoms with Crippen molar-refractivity contribution in [3.8, 4) is 0 Å². The average molecular weight is 399 g/mol. The van der Waals surface area contributed by atoms with Crippen LogP contribution in [0.4, 0.5) is 11.4 Å². The van der Waals surface area contributed by atoms with E-state index in [1.54, 1.807) is 0 Å². The van der Waals surface area contributed by atoms with Crippen LogP contribution in [0.25, 0.3) is 0 Å². The third-order valence-corrected chi connectivity index (χ3v) is 4.93. The Labute approximate surface area is 169 Å². The van der Waals surface area contributed by atoms with E-state index in [0.29, 0.717) is 18.2 Å². The lowest BCUT2D eigenvalue weighted by Crippen LogP contribution is -2.57. The molecule has 0 saturated carbocycles. The second-order valence-corrected chi connectivity index (χ2v) is 7.17. The van der Waals surface area contributed by atoms with Crippen molar-refractivity contribution in [1.29, 1.82) is 0 Å². The molecule has 2 aliphatic rings. The van der Waals surface area contributed by atoms with Crippen LogP contribution in [-0.4, -0.2) is 49.4 Å². The fraction of sp³-hybridized carbons (Fsp3) is 0.300. The summed E-state index contributed by atoms with van der Waals surface area (Å²) in [4.78, 5) is 13.4. The molecule has 3 N–H and O–H groups in total. The van der Waals surface area contributed by atoms with E-state index in [2.05, 4.69) is 56.3 Å². The van der Waals surface area contributed by atoms with Crippen molar-refractivity contribution < 1.29 is 4.74 Å². The maximum absolute atomic E-state index is 6.08. The van der Waals surface area contributed by atoms with Gasteiger partial charge in [0.05, 0.1) is 13.2 Å². The predicted octanol–water partition coefficient (Wildman–Crippen LogP) is 2.87. The Hall–Kier alpha value is -2.77. The molecule has 28 heavy (non-hydrogen) atoms. The number of nitrogens with one attached hydrogen (secondary N) is 1. The lowest BCUT2D eigenvalue weighted by molar-refractivity contribution is 0.0671. The van der Waals surface area contributed by atoms with Gasteiger partial charge in [-0.05, 0) is 43.3 Å². The van der Waals surface area contributed by atoms with Crippen molar-refractivity contribution in [2.24, 2.45) is 15.7 Å². The number of anilines is 2. The van der Waals surface area contributed by atoms with E-state index in [9.17, 15) is 0 Å². The molecule has 1 saturated heterocycles. The number of hydrogen-bond donors (Lipinski definition) is 2. The van der Waals surface area contributed by atoms with Gasteiger partial charge in [-0.2, -0.15) is 4.99 Å². The fourth-order valence-electron chi connectivity index (χ4n) is 3.22. The minimum Gasteiger partial charge on any atom is -0.378 e. The summed E-state index contributed by atoms with van der Waals surface area (Å²) in [5.41, 5.74) is 9.15. The van der Waals surface area contributed by atoms with Gasteiger partial charge in [0.1, 0.15) is 0 Å². The molecule has 2 aliphatic heterocycles. The lowest BCUT2D eigenvalue weighted by atomic mass is 10.2. The minimum absolute atomic E-state index is 0.247. The molecule has 2 heterocycles. The highest BCUT2D eigenvalue weighted by atomic mass is 35.5. The summed E-state index contributed by atoms with van der Waals surface area (Å²) in [5, 5.41) is 4.12. The maximum atomic E-state index is 6.08. The van der Waals surface area contributed by atoms with Crippen LogP contribution in [0.2, 0.25) is 5.02 Å². The van der Waals surface area contributed by atoms with Crippen LogP contribution in [0.1, 0.15) is 5.56 Å². The van der Waals surface area contributed by atoms with E-state index in [1.165, 1.54) is 5.56 Å². The molecule has 2 aromatic carbocycles. The van der Waals surface area contributed by atoms with Gasteiger partial charge >= 0.3 is 0 Å². The van der Waals surface area contributed by atoms with Gasteiger partial charge < -0.3 is 20.7 Å². The summed E-state index contributed by atoms with van der Waals surface area (Å²) < 4.78 is 5.50. The number of aliphatic imine (C=N–C) groups is 2. The van der Waals surface area contributed by atoms with Gasteiger partial charge in [0.25, 0.3) is 0 Å². The molecule has 1 unspecified atom stereocenters. The molecule has 0 amide bonds. The molecule has 0 aromatic heterocycles. The summed E-state index contributed by atoms with van der Waals surface area (Å²) in [7, 11) is 0. The van der Waals surface area contributed by atoms with Crippen LogP contribution in [0.3, 0.4) is 0 Å². The van der Waals surface area contributed by atoms with Gasteiger partial charge in [0, 0.05) is 29.5 Å². The van der Waals surface area contributed by atoms with Gasteiger partial charge in [-0.25, -0.2) is 4.99 Å². The quantitative estimate of drug-likeness (QED) is 0.831. The van der Waals surface area contributed by atoms with Crippen molar-refractivity contribution in [3.63, 3.8) is 0 Å². The Balaban J connectivity index is 1.70. The summed E-state index contributed by atoms with van der Waals surface area (Å²) >= 11 is 6.02. The zero-order valence-electron chi connectivity index (χ0n) is 15.7. The average Bonchev–Trinajstić information content (AvgIpc) is 2.71.